The Morgan fingerprint density at radius 2 is 2.05 bits per heavy atom. The summed E-state index contributed by atoms with van der Waals surface area (Å²) in [5, 5.41) is 13.1. The van der Waals surface area contributed by atoms with Gasteiger partial charge in [-0.1, -0.05) is 19.1 Å². The molecule has 108 valence electrons. The first kappa shape index (κ1) is 16.0. The van der Waals surface area contributed by atoms with Gasteiger partial charge in [0.2, 0.25) is 0 Å². The number of nitrogens with one attached hydrogen (secondary N) is 1. The molecule has 0 radical (unpaired) electrons. The summed E-state index contributed by atoms with van der Waals surface area (Å²) >= 11 is 0. The third-order valence-electron chi connectivity index (χ3n) is 2.98. The van der Waals surface area contributed by atoms with E-state index in [1.54, 1.807) is 13.8 Å². The van der Waals surface area contributed by atoms with Gasteiger partial charge in [0.25, 0.3) is 0 Å². The molecular formula is C16H27NO2. The highest BCUT2D eigenvalue weighted by molar-refractivity contribution is 5.37. The Kier molecular flexibility index (Phi) is 5.83. The van der Waals surface area contributed by atoms with Crippen molar-refractivity contribution in [2.24, 2.45) is 0 Å². The van der Waals surface area contributed by atoms with E-state index in [2.05, 4.69) is 31.3 Å². The standard InChI is InChI=1S/C16H27NO2/c1-6-9-17-13(3)14-7-8-15(12(2)10-14)19-11-16(4,5)18/h7-8,10,13,17-18H,6,9,11H2,1-5H3. The Morgan fingerprint density at radius 1 is 1.37 bits per heavy atom. The lowest BCUT2D eigenvalue weighted by Crippen LogP contribution is -2.28. The van der Waals surface area contributed by atoms with Gasteiger partial charge >= 0.3 is 0 Å². The quantitative estimate of drug-likeness (QED) is 0.795. The van der Waals surface area contributed by atoms with Crippen molar-refractivity contribution in [3.63, 3.8) is 0 Å². The van der Waals surface area contributed by atoms with Crippen LogP contribution in [0.4, 0.5) is 0 Å². The van der Waals surface area contributed by atoms with Crippen LogP contribution in [-0.4, -0.2) is 23.9 Å². The minimum Gasteiger partial charge on any atom is -0.490 e. The van der Waals surface area contributed by atoms with Crippen LogP contribution in [0.15, 0.2) is 18.2 Å². The lowest BCUT2D eigenvalue weighted by atomic mass is 10.0. The molecule has 1 aromatic rings. The Bertz CT molecular complexity index is 396. The van der Waals surface area contributed by atoms with Crippen LogP contribution >= 0.6 is 0 Å². The number of benzene rings is 1. The fraction of sp³-hybridized carbons (Fsp3) is 0.625. The molecule has 0 aliphatic carbocycles. The number of aliphatic hydroxyl groups is 1. The lowest BCUT2D eigenvalue weighted by molar-refractivity contribution is 0.0282. The first-order chi connectivity index (χ1) is 8.83. The number of aryl methyl sites for hydroxylation is 1. The zero-order chi connectivity index (χ0) is 14.5. The summed E-state index contributed by atoms with van der Waals surface area (Å²) in [5.74, 6) is 0.841. The fourth-order valence-electron chi connectivity index (χ4n) is 1.84. The molecule has 1 atom stereocenters. The third-order valence-corrected chi connectivity index (χ3v) is 2.98. The molecule has 3 nitrogen and oxygen atoms in total. The van der Waals surface area contributed by atoms with Crippen LogP contribution < -0.4 is 10.1 Å². The molecule has 0 spiro atoms. The predicted molar refractivity (Wildman–Crippen MR) is 79.7 cm³/mol. The van der Waals surface area contributed by atoms with Crippen LogP contribution in [0.2, 0.25) is 0 Å². The van der Waals surface area contributed by atoms with E-state index < -0.39 is 5.60 Å². The van der Waals surface area contributed by atoms with Gasteiger partial charge in [-0.25, -0.2) is 0 Å². The third kappa shape index (κ3) is 5.62. The van der Waals surface area contributed by atoms with Crippen LogP contribution in [0.3, 0.4) is 0 Å². The van der Waals surface area contributed by atoms with Crippen molar-refractivity contribution < 1.29 is 9.84 Å². The number of ether oxygens (including phenoxy) is 1. The largest absolute Gasteiger partial charge is 0.490 e. The average molecular weight is 265 g/mol. The van der Waals surface area contributed by atoms with Crippen molar-refractivity contribution in [2.75, 3.05) is 13.2 Å². The second-order valence-electron chi connectivity index (χ2n) is 5.80. The SMILES string of the molecule is CCCNC(C)c1ccc(OCC(C)(C)O)c(C)c1. The molecule has 1 aromatic carbocycles. The van der Waals surface area contributed by atoms with E-state index >= 15 is 0 Å². The van der Waals surface area contributed by atoms with Gasteiger partial charge in [-0.15, -0.1) is 0 Å². The smallest absolute Gasteiger partial charge is 0.122 e. The van der Waals surface area contributed by atoms with Crippen LogP contribution in [0.1, 0.15) is 51.3 Å². The van der Waals surface area contributed by atoms with Gasteiger partial charge in [0.1, 0.15) is 12.4 Å². The van der Waals surface area contributed by atoms with Gasteiger partial charge in [0.05, 0.1) is 5.60 Å². The summed E-state index contributed by atoms with van der Waals surface area (Å²) in [5.41, 5.74) is 1.56. The molecule has 0 heterocycles. The summed E-state index contributed by atoms with van der Waals surface area (Å²) < 4.78 is 5.65. The van der Waals surface area contributed by atoms with E-state index in [1.807, 2.05) is 13.0 Å². The molecule has 0 saturated carbocycles. The van der Waals surface area contributed by atoms with E-state index in [-0.39, 0.29) is 0 Å². The van der Waals surface area contributed by atoms with Crippen LogP contribution in [0.5, 0.6) is 5.75 Å². The molecule has 3 heteroatoms. The van der Waals surface area contributed by atoms with Crippen molar-refractivity contribution in [3.8, 4) is 5.75 Å². The molecule has 2 N–H and O–H groups in total. The Morgan fingerprint density at radius 3 is 2.58 bits per heavy atom. The van der Waals surface area contributed by atoms with Gasteiger partial charge in [-0.2, -0.15) is 0 Å². The molecule has 0 aliphatic heterocycles. The van der Waals surface area contributed by atoms with Crippen LogP contribution in [-0.2, 0) is 0 Å². The van der Waals surface area contributed by atoms with Crippen LogP contribution in [0.25, 0.3) is 0 Å². The van der Waals surface area contributed by atoms with Gasteiger partial charge in [0.15, 0.2) is 0 Å². The van der Waals surface area contributed by atoms with Gasteiger partial charge in [-0.05, 0) is 57.9 Å². The second-order valence-corrected chi connectivity index (χ2v) is 5.80. The summed E-state index contributed by atoms with van der Waals surface area (Å²) in [6.07, 6.45) is 1.14. The maximum absolute atomic E-state index is 9.67. The monoisotopic (exact) mass is 265 g/mol. The lowest BCUT2D eigenvalue weighted by Gasteiger charge is -2.20. The van der Waals surface area contributed by atoms with E-state index in [9.17, 15) is 5.11 Å². The first-order valence-corrected chi connectivity index (χ1v) is 7.02. The molecule has 0 saturated heterocycles. The van der Waals surface area contributed by atoms with Crippen LogP contribution in [0, 0.1) is 6.92 Å². The zero-order valence-corrected chi connectivity index (χ0v) is 12.8. The maximum atomic E-state index is 9.67. The van der Waals surface area contributed by atoms with Gasteiger partial charge in [0, 0.05) is 6.04 Å². The van der Waals surface area contributed by atoms with Crippen molar-refractivity contribution in [1.82, 2.24) is 5.32 Å². The summed E-state index contributed by atoms with van der Waals surface area (Å²) in [6.45, 7) is 11.2. The van der Waals surface area contributed by atoms with Gasteiger partial charge < -0.3 is 15.2 Å². The molecule has 1 unspecified atom stereocenters. The molecule has 0 bridgehead atoms. The van der Waals surface area contributed by atoms with Crippen molar-refractivity contribution in [3.05, 3.63) is 29.3 Å². The highest BCUT2D eigenvalue weighted by atomic mass is 16.5. The Hall–Kier alpha value is -1.06. The topological polar surface area (TPSA) is 41.5 Å². The molecule has 0 fully saturated rings. The minimum atomic E-state index is -0.804. The first-order valence-electron chi connectivity index (χ1n) is 7.02. The van der Waals surface area contributed by atoms with E-state index in [0.717, 1.165) is 24.3 Å². The second kappa shape index (κ2) is 6.92. The van der Waals surface area contributed by atoms with Crippen molar-refractivity contribution in [1.29, 1.82) is 0 Å². The van der Waals surface area contributed by atoms with E-state index in [0.29, 0.717) is 12.6 Å². The summed E-state index contributed by atoms with van der Waals surface area (Å²) in [7, 11) is 0. The van der Waals surface area contributed by atoms with E-state index in [4.69, 9.17) is 4.74 Å². The highest BCUT2D eigenvalue weighted by Gasteiger charge is 2.14. The maximum Gasteiger partial charge on any atom is 0.122 e. The zero-order valence-electron chi connectivity index (χ0n) is 12.8. The average Bonchev–Trinajstić information content (AvgIpc) is 2.33. The van der Waals surface area contributed by atoms with Crippen molar-refractivity contribution >= 4 is 0 Å². The molecule has 19 heavy (non-hydrogen) atoms. The number of rotatable bonds is 7. The Balaban J connectivity index is 2.69. The summed E-state index contributed by atoms with van der Waals surface area (Å²) in [4.78, 5) is 0. The predicted octanol–water partition coefficient (Wildman–Crippen LogP) is 3.21. The fourth-order valence-corrected chi connectivity index (χ4v) is 1.84. The van der Waals surface area contributed by atoms with Crippen molar-refractivity contribution in [2.45, 2.75) is 52.7 Å². The summed E-state index contributed by atoms with van der Waals surface area (Å²) in [6, 6.07) is 6.56. The number of hydrogen-bond donors (Lipinski definition) is 2. The molecule has 1 rings (SSSR count). The van der Waals surface area contributed by atoms with E-state index in [1.165, 1.54) is 5.56 Å². The molecule has 0 aromatic heterocycles. The highest BCUT2D eigenvalue weighted by Crippen LogP contribution is 2.23. The molecule has 0 amide bonds. The van der Waals surface area contributed by atoms with Gasteiger partial charge in [-0.3, -0.25) is 0 Å². The molecular weight excluding hydrogens is 238 g/mol. The number of hydrogen-bond acceptors (Lipinski definition) is 3. The minimum absolute atomic E-state index is 0.302. The molecule has 0 aliphatic rings. The Labute approximate surface area is 117 Å². The normalized spacial score (nSPS) is 13.4.